The van der Waals surface area contributed by atoms with Gasteiger partial charge < -0.3 is 9.80 Å². The third-order valence-electron chi connectivity index (χ3n) is 10.6. The zero-order chi connectivity index (χ0) is 35.8. The maximum absolute atomic E-state index is 2.45. The molecule has 9 rings (SSSR count). The fourth-order valence-electron chi connectivity index (χ4n) is 8.18. The molecule has 0 heterocycles. The van der Waals surface area contributed by atoms with Gasteiger partial charge in [0.05, 0.1) is 5.41 Å². The number of anilines is 6. The fourth-order valence-corrected chi connectivity index (χ4v) is 8.18. The molecule has 0 fully saturated rings. The first-order valence-electron chi connectivity index (χ1n) is 18.4. The molecule has 0 saturated carbocycles. The van der Waals surface area contributed by atoms with Crippen LogP contribution in [-0.2, 0) is 5.41 Å². The van der Waals surface area contributed by atoms with E-state index in [2.05, 4.69) is 230 Å². The Kier molecular flexibility index (Phi) is 8.21. The van der Waals surface area contributed by atoms with Crippen LogP contribution in [0.25, 0.3) is 11.1 Å². The number of fused-ring (bicyclic) bond motifs is 3. The van der Waals surface area contributed by atoms with Crippen molar-refractivity contribution >= 4 is 34.1 Å². The van der Waals surface area contributed by atoms with Crippen molar-refractivity contribution in [3.8, 4) is 11.1 Å². The Labute approximate surface area is 312 Å². The molecule has 0 aromatic heterocycles. The third-order valence-corrected chi connectivity index (χ3v) is 10.6. The smallest absolute Gasteiger partial charge is 0.0715 e. The van der Waals surface area contributed by atoms with Gasteiger partial charge in [0.15, 0.2) is 0 Å². The van der Waals surface area contributed by atoms with Crippen LogP contribution in [-0.4, -0.2) is 0 Å². The van der Waals surface area contributed by atoms with Crippen molar-refractivity contribution in [2.45, 2.75) is 19.3 Å². The van der Waals surface area contributed by atoms with Crippen molar-refractivity contribution in [3.63, 3.8) is 0 Å². The maximum atomic E-state index is 2.45. The molecule has 2 heteroatoms. The van der Waals surface area contributed by atoms with E-state index < -0.39 is 5.41 Å². The average molecular weight is 681 g/mol. The molecule has 0 amide bonds. The van der Waals surface area contributed by atoms with Crippen molar-refractivity contribution in [3.05, 3.63) is 240 Å². The highest BCUT2D eigenvalue weighted by Crippen LogP contribution is 2.58. The Hall–Kier alpha value is -6.64. The minimum atomic E-state index is -0.587. The van der Waals surface area contributed by atoms with Crippen molar-refractivity contribution < 1.29 is 0 Å². The molecule has 0 aliphatic heterocycles. The number of nitrogens with zero attached hydrogens (tertiary/aromatic N) is 2. The van der Waals surface area contributed by atoms with E-state index in [0.29, 0.717) is 0 Å². The van der Waals surface area contributed by atoms with Gasteiger partial charge in [0, 0.05) is 34.1 Å². The van der Waals surface area contributed by atoms with Crippen LogP contribution in [0.3, 0.4) is 0 Å². The topological polar surface area (TPSA) is 6.48 Å². The van der Waals surface area contributed by atoms with Crippen LogP contribution >= 0.6 is 0 Å². The minimum absolute atomic E-state index is 0.587. The second kappa shape index (κ2) is 13.5. The number of hydrogen-bond donors (Lipinski definition) is 0. The zero-order valence-electron chi connectivity index (χ0n) is 30.0. The lowest BCUT2D eigenvalue weighted by molar-refractivity contribution is 0.767. The van der Waals surface area contributed by atoms with Gasteiger partial charge in [-0.05, 0) is 120 Å². The first-order chi connectivity index (χ1) is 26.1. The normalized spacial score (nSPS) is 12.5. The number of para-hydroxylation sites is 4. The monoisotopic (exact) mass is 680 g/mol. The molecule has 2 nitrogen and oxygen atoms in total. The molecule has 0 atom stereocenters. The molecular weight excluding hydrogens is 641 g/mol. The molecule has 254 valence electrons. The quantitative estimate of drug-likeness (QED) is 0.158. The van der Waals surface area contributed by atoms with E-state index in [-0.39, 0.29) is 0 Å². The third kappa shape index (κ3) is 5.60. The van der Waals surface area contributed by atoms with Crippen molar-refractivity contribution in [1.82, 2.24) is 0 Å². The van der Waals surface area contributed by atoms with Gasteiger partial charge in [0.25, 0.3) is 0 Å². The number of rotatable bonds is 8. The Morgan fingerprint density at radius 2 is 0.604 bits per heavy atom. The summed E-state index contributed by atoms with van der Waals surface area (Å²) in [6.45, 7) is 4.34. The maximum Gasteiger partial charge on any atom is 0.0715 e. The van der Waals surface area contributed by atoms with Crippen LogP contribution in [0.5, 0.6) is 0 Å². The van der Waals surface area contributed by atoms with Crippen molar-refractivity contribution in [2.75, 3.05) is 9.80 Å². The summed E-state index contributed by atoms with van der Waals surface area (Å²) in [6, 6.07) is 75.3. The lowest BCUT2D eigenvalue weighted by atomic mass is 9.67. The second-order valence-electron chi connectivity index (χ2n) is 14.0. The summed E-state index contributed by atoms with van der Waals surface area (Å²) in [5.74, 6) is 0. The summed E-state index contributed by atoms with van der Waals surface area (Å²) < 4.78 is 0. The van der Waals surface area contributed by atoms with E-state index in [1.165, 1.54) is 44.5 Å². The standard InChI is InChI=1S/C51H40N2/c1-37-23-27-39(28-24-37)51(40-29-25-38(2)26-30-40)49-35-45(52(41-15-7-3-8-16-41)42-17-9-4-10-18-42)31-33-47(49)48-34-32-46(36-50(48)51)53(43-19-11-5-12-20-43)44-21-13-6-14-22-44/h3-36H,1-2H3. The van der Waals surface area contributed by atoms with Crippen LogP contribution in [0.1, 0.15) is 33.4 Å². The zero-order valence-corrected chi connectivity index (χ0v) is 30.0. The Balaban J connectivity index is 1.35. The fraction of sp³-hybridized carbons (Fsp3) is 0.0588. The van der Waals surface area contributed by atoms with E-state index in [4.69, 9.17) is 0 Å². The van der Waals surface area contributed by atoms with E-state index >= 15 is 0 Å². The van der Waals surface area contributed by atoms with Gasteiger partial charge in [0.1, 0.15) is 0 Å². The molecule has 1 aliphatic carbocycles. The van der Waals surface area contributed by atoms with Gasteiger partial charge in [-0.2, -0.15) is 0 Å². The van der Waals surface area contributed by atoms with Gasteiger partial charge in [0.2, 0.25) is 0 Å². The minimum Gasteiger partial charge on any atom is -0.310 e. The van der Waals surface area contributed by atoms with Crippen LogP contribution in [0, 0.1) is 13.8 Å². The molecule has 0 N–H and O–H groups in total. The highest BCUT2D eigenvalue weighted by atomic mass is 15.1. The average Bonchev–Trinajstić information content (AvgIpc) is 3.50. The number of benzene rings is 8. The highest BCUT2D eigenvalue weighted by molar-refractivity contribution is 5.91. The van der Waals surface area contributed by atoms with E-state index in [9.17, 15) is 0 Å². The summed E-state index contributed by atoms with van der Waals surface area (Å²) >= 11 is 0. The van der Waals surface area contributed by atoms with Gasteiger partial charge in [-0.25, -0.2) is 0 Å². The largest absolute Gasteiger partial charge is 0.310 e. The molecule has 8 aromatic carbocycles. The molecule has 0 unspecified atom stereocenters. The SMILES string of the molecule is Cc1ccc(C2(c3ccc(C)cc3)c3cc(N(c4ccccc4)c4ccccc4)ccc3-c3ccc(N(c4ccccc4)c4ccccc4)cc32)cc1. The van der Waals surface area contributed by atoms with Crippen LogP contribution in [0.4, 0.5) is 34.1 Å². The summed E-state index contributed by atoms with van der Waals surface area (Å²) in [4.78, 5) is 4.74. The lowest BCUT2D eigenvalue weighted by Gasteiger charge is -2.36. The highest BCUT2D eigenvalue weighted by Gasteiger charge is 2.47. The van der Waals surface area contributed by atoms with Crippen molar-refractivity contribution in [1.29, 1.82) is 0 Å². The first-order valence-corrected chi connectivity index (χ1v) is 18.4. The molecule has 53 heavy (non-hydrogen) atoms. The predicted molar refractivity (Wildman–Crippen MR) is 223 cm³/mol. The van der Waals surface area contributed by atoms with E-state index in [1.807, 2.05) is 0 Å². The lowest BCUT2D eigenvalue weighted by Crippen LogP contribution is -2.29. The van der Waals surface area contributed by atoms with Gasteiger partial charge in [-0.15, -0.1) is 0 Å². The molecule has 0 spiro atoms. The van der Waals surface area contributed by atoms with E-state index in [1.54, 1.807) is 0 Å². The molecule has 0 radical (unpaired) electrons. The van der Waals surface area contributed by atoms with Gasteiger partial charge in [-0.3, -0.25) is 0 Å². The molecule has 0 saturated heterocycles. The molecular formula is C51H40N2. The molecule has 1 aliphatic rings. The second-order valence-corrected chi connectivity index (χ2v) is 14.0. The molecule has 8 aromatic rings. The molecule has 0 bridgehead atoms. The van der Waals surface area contributed by atoms with Crippen molar-refractivity contribution in [2.24, 2.45) is 0 Å². The summed E-state index contributed by atoms with van der Waals surface area (Å²) in [7, 11) is 0. The first kappa shape index (κ1) is 32.3. The van der Waals surface area contributed by atoms with Gasteiger partial charge >= 0.3 is 0 Å². The summed E-state index contributed by atoms with van der Waals surface area (Å²) in [5.41, 5.74) is 16.2. The Morgan fingerprint density at radius 1 is 0.302 bits per heavy atom. The number of hydrogen-bond acceptors (Lipinski definition) is 2. The number of aryl methyl sites for hydroxylation is 2. The van der Waals surface area contributed by atoms with E-state index in [0.717, 1.165) is 34.1 Å². The summed E-state index contributed by atoms with van der Waals surface area (Å²) in [6.07, 6.45) is 0. The Bertz CT molecular complexity index is 2230. The Morgan fingerprint density at radius 3 is 0.906 bits per heavy atom. The van der Waals surface area contributed by atoms with Gasteiger partial charge in [-0.1, -0.05) is 145 Å². The van der Waals surface area contributed by atoms with Crippen LogP contribution in [0.15, 0.2) is 206 Å². The van der Waals surface area contributed by atoms with Crippen LogP contribution in [0.2, 0.25) is 0 Å². The summed E-state index contributed by atoms with van der Waals surface area (Å²) in [5, 5.41) is 0. The predicted octanol–water partition coefficient (Wildman–Crippen LogP) is 13.6. The van der Waals surface area contributed by atoms with Crippen LogP contribution < -0.4 is 9.80 Å².